The normalized spacial score (nSPS) is 12.5. The number of rotatable bonds is 6. The minimum absolute atomic E-state index is 0.634. The molecule has 1 unspecified atom stereocenters. The summed E-state index contributed by atoms with van der Waals surface area (Å²) in [5.74, 6) is 1.55. The van der Waals surface area contributed by atoms with Crippen molar-refractivity contribution in [3.63, 3.8) is 0 Å². The van der Waals surface area contributed by atoms with Crippen molar-refractivity contribution in [1.82, 2.24) is 0 Å². The van der Waals surface area contributed by atoms with Crippen LogP contribution < -0.4 is 10.5 Å². The minimum Gasteiger partial charge on any atom is -0.493 e. The predicted molar refractivity (Wildman–Crippen MR) is 71.9 cm³/mol. The maximum atomic E-state index is 5.55. The predicted octanol–water partition coefficient (Wildman–Crippen LogP) is 3.38. The third-order valence-corrected chi connectivity index (χ3v) is 3.16. The van der Waals surface area contributed by atoms with Crippen LogP contribution in [0.1, 0.15) is 25.8 Å². The lowest BCUT2D eigenvalue weighted by Gasteiger charge is -2.12. The molecule has 0 aliphatic heterocycles. The molecule has 1 rings (SSSR count). The molecule has 0 heterocycles. The summed E-state index contributed by atoms with van der Waals surface area (Å²) in [6.07, 6.45) is 2.15. The van der Waals surface area contributed by atoms with E-state index in [2.05, 4.69) is 35.0 Å². The number of ether oxygens (including phenoxy) is 1. The van der Waals surface area contributed by atoms with Crippen molar-refractivity contribution in [1.29, 1.82) is 0 Å². The van der Waals surface area contributed by atoms with E-state index in [-0.39, 0.29) is 0 Å². The third kappa shape index (κ3) is 4.14. The molecule has 16 heavy (non-hydrogen) atoms. The Bertz CT molecular complexity index is 328. The van der Waals surface area contributed by atoms with E-state index in [9.17, 15) is 0 Å². The summed E-state index contributed by atoms with van der Waals surface area (Å²) in [4.78, 5) is 0. The van der Waals surface area contributed by atoms with Gasteiger partial charge in [-0.1, -0.05) is 13.0 Å². The van der Waals surface area contributed by atoms with Gasteiger partial charge in [-0.05, 0) is 65.9 Å². The molecular weight excluding hydrogens is 266 g/mol. The maximum Gasteiger partial charge on any atom is 0.133 e. The summed E-state index contributed by atoms with van der Waals surface area (Å²) in [7, 11) is 0. The summed E-state index contributed by atoms with van der Waals surface area (Å²) in [5, 5.41) is 0. The Morgan fingerprint density at radius 2 is 2.19 bits per heavy atom. The quantitative estimate of drug-likeness (QED) is 0.870. The van der Waals surface area contributed by atoms with Crippen molar-refractivity contribution >= 4 is 15.9 Å². The Balaban J connectivity index is 2.65. The van der Waals surface area contributed by atoms with E-state index >= 15 is 0 Å². The molecule has 1 atom stereocenters. The zero-order valence-electron chi connectivity index (χ0n) is 10.0. The van der Waals surface area contributed by atoms with Gasteiger partial charge in [0.1, 0.15) is 5.75 Å². The molecule has 1 aromatic rings. The summed E-state index contributed by atoms with van der Waals surface area (Å²) in [5.41, 5.74) is 6.88. The molecule has 0 aromatic heterocycles. The Labute approximate surface area is 106 Å². The van der Waals surface area contributed by atoms with Crippen LogP contribution in [0.4, 0.5) is 0 Å². The van der Waals surface area contributed by atoms with Gasteiger partial charge in [-0.25, -0.2) is 0 Å². The first-order valence-electron chi connectivity index (χ1n) is 5.78. The first-order valence-corrected chi connectivity index (χ1v) is 6.58. The number of hydrogen-bond acceptors (Lipinski definition) is 2. The molecule has 90 valence electrons. The highest BCUT2D eigenvalue weighted by Crippen LogP contribution is 2.27. The van der Waals surface area contributed by atoms with Gasteiger partial charge in [0.25, 0.3) is 0 Å². The summed E-state index contributed by atoms with van der Waals surface area (Å²) in [6, 6.07) is 6.29. The molecule has 2 nitrogen and oxygen atoms in total. The molecule has 0 spiro atoms. The van der Waals surface area contributed by atoms with Gasteiger partial charge in [0.15, 0.2) is 0 Å². The zero-order valence-corrected chi connectivity index (χ0v) is 11.6. The Morgan fingerprint density at radius 3 is 2.75 bits per heavy atom. The fraction of sp³-hybridized carbons (Fsp3) is 0.538. The van der Waals surface area contributed by atoms with E-state index in [0.29, 0.717) is 12.5 Å². The number of nitrogens with two attached hydrogens (primary N) is 1. The highest BCUT2D eigenvalue weighted by atomic mass is 79.9. The Hall–Kier alpha value is -0.540. The van der Waals surface area contributed by atoms with Crippen molar-refractivity contribution in [3.05, 3.63) is 28.2 Å². The van der Waals surface area contributed by atoms with Crippen LogP contribution in [-0.2, 0) is 6.42 Å². The monoisotopic (exact) mass is 285 g/mol. The maximum absolute atomic E-state index is 5.55. The molecule has 1 aromatic carbocycles. The fourth-order valence-electron chi connectivity index (χ4n) is 1.73. The first kappa shape index (κ1) is 13.5. The summed E-state index contributed by atoms with van der Waals surface area (Å²) >= 11 is 3.53. The van der Waals surface area contributed by atoms with Gasteiger partial charge in [-0.15, -0.1) is 0 Å². The van der Waals surface area contributed by atoms with Crippen LogP contribution in [0.2, 0.25) is 0 Å². The van der Waals surface area contributed by atoms with Crippen LogP contribution in [0.15, 0.2) is 22.7 Å². The lowest BCUT2D eigenvalue weighted by molar-refractivity contribution is 0.338. The second kappa shape index (κ2) is 6.92. The van der Waals surface area contributed by atoms with Crippen LogP contribution >= 0.6 is 15.9 Å². The minimum atomic E-state index is 0.634. The topological polar surface area (TPSA) is 35.2 Å². The molecular formula is C13H20BrNO. The van der Waals surface area contributed by atoms with E-state index in [1.165, 1.54) is 5.56 Å². The molecule has 0 saturated carbocycles. The number of halogens is 1. The van der Waals surface area contributed by atoms with Gasteiger partial charge in [0.05, 0.1) is 11.1 Å². The second-order valence-electron chi connectivity index (χ2n) is 4.08. The average molecular weight is 286 g/mol. The molecule has 0 radical (unpaired) electrons. The molecule has 0 aliphatic rings. The molecule has 0 bridgehead atoms. The van der Waals surface area contributed by atoms with Crippen molar-refractivity contribution in [2.24, 2.45) is 11.7 Å². The number of hydrogen-bond donors (Lipinski definition) is 1. The highest BCUT2D eigenvalue weighted by Gasteiger charge is 2.06. The molecule has 3 heteroatoms. The second-order valence-corrected chi connectivity index (χ2v) is 4.94. The fourth-order valence-corrected chi connectivity index (χ4v) is 2.27. The van der Waals surface area contributed by atoms with E-state index in [1.807, 2.05) is 13.0 Å². The van der Waals surface area contributed by atoms with Crippen molar-refractivity contribution in [2.75, 3.05) is 13.2 Å². The van der Waals surface area contributed by atoms with Crippen molar-refractivity contribution in [3.8, 4) is 5.75 Å². The zero-order chi connectivity index (χ0) is 12.0. The van der Waals surface area contributed by atoms with Crippen LogP contribution in [0.5, 0.6) is 5.75 Å². The summed E-state index contributed by atoms with van der Waals surface area (Å²) < 4.78 is 6.51. The smallest absolute Gasteiger partial charge is 0.133 e. The van der Waals surface area contributed by atoms with Crippen LogP contribution in [0.3, 0.4) is 0 Å². The van der Waals surface area contributed by atoms with Gasteiger partial charge in [-0.2, -0.15) is 0 Å². The van der Waals surface area contributed by atoms with Gasteiger partial charge in [-0.3, -0.25) is 0 Å². The van der Waals surface area contributed by atoms with E-state index in [1.54, 1.807) is 0 Å². The largest absolute Gasteiger partial charge is 0.493 e. The van der Waals surface area contributed by atoms with E-state index in [0.717, 1.165) is 29.6 Å². The lowest BCUT2D eigenvalue weighted by atomic mass is 9.98. The van der Waals surface area contributed by atoms with E-state index in [4.69, 9.17) is 10.5 Å². The van der Waals surface area contributed by atoms with Gasteiger partial charge < -0.3 is 10.5 Å². The highest BCUT2D eigenvalue weighted by molar-refractivity contribution is 9.10. The van der Waals surface area contributed by atoms with Gasteiger partial charge >= 0.3 is 0 Å². The van der Waals surface area contributed by atoms with Gasteiger partial charge in [0.2, 0.25) is 0 Å². The SMILES string of the molecule is CCOc1ccc(CC(C)CCN)cc1Br. The summed E-state index contributed by atoms with van der Waals surface area (Å²) in [6.45, 7) is 5.68. The molecule has 2 N–H and O–H groups in total. The number of benzene rings is 1. The molecule has 0 aliphatic carbocycles. The standard InChI is InChI=1S/C13H20BrNO/c1-3-16-13-5-4-11(9-12(13)14)8-10(2)6-7-15/h4-5,9-10H,3,6-8,15H2,1-2H3. The van der Waals surface area contributed by atoms with Crippen LogP contribution in [-0.4, -0.2) is 13.2 Å². The van der Waals surface area contributed by atoms with Crippen molar-refractivity contribution < 1.29 is 4.74 Å². The Morgan fingerprint density at radius 1 is 1.44 bits per heavy atom. The van der Waals surface area contributed by atoms with Gasteiger partial charge in [0, 0.05) is 0 Å². The molecule has 0 fully saturated rings. The average Bonchev–Trinajstić information content (AvgIpc) is 2.22. The van der Waals surface area contributed by atoms with Crippen molar-refractivity contribution in [2.45, 2.75) is 26.7 Å². The molecule has 0 amide bonds. The third-order valence-electron chi connectivity index (χ3n) is 2.54. The molecule has 0 saturated heterocycles. The van der Waals surface area contributed by atoms with E-state index < -0.39 is 0 Å². The van der Waals surface area contributed by atoms with Crippen LogP contribution in [0, 0.1) is 5.92 Å². The lowest BCUT2D eigenvalue weighted by Crippen LogP contribution is -2.08. The first-order chi connectivity index (χ1) is 7.67. The van der Waals surface area contributed by atoms with Crippen LogP contribution in [0.25, 0.3) is 0 Å². The Kier molecular flexibility index (Phi) is 5.85.